The van der Waals surface area contributed by atoms with E-state index in [4.69, 9.17) is 16.7 Å². The van der Waals surface area contributed by atoms with E-state index in [0.717, 1.165) is 18.2 Å². The Bertz CT molecular complexity index is 750. The predicted octanol–water partition coefficient (Wildman–Crippen LogP) is 2.45. The van der Waals surface area contributed by atoms with Gasteiger partial charge in [-0.05, 0) is 35.9 Å². The van der Waals surface area contributed by atoms with Crippen molar-refractivity contribution >= 4 is 21.6 Å². The molecule has 0 saturated carbocycles. The third-order valence-corrected chi connectivity index (χ3v) is 4.49. The third kappa shape index (κ3) is 4.01. The SMILES string of the molecule is O=S(=O)(NCc1cccc(Cl)c1)c1ccc(F)c(CO)c1. The normalized spacial score (nSPS) is 11.6. The molecule has 112 valence electrons. The lowest BCUT2D eigenvalue weighted by Crippen LogP contribution is -2.23. The van der Waals surface area contributed by atoms with Crippen molar-refractivity contribution < 1.29 is 17.9 Å². The van der Waals surface area contributed by atoms with Crippen molar-refractivity contribution in [3.05, 3.63) is 64.4 Å². The van der Waals surface area contributed by atoms with E-state index in [1.54, 1.807) is 24.3 Å². The summed E-state index contributed by atoms with van der Waals surface area (Å²) in [7, 11) is -3.79. The molecule has 0 saturated heterocycles. The Morgan fingerprint density at radius 3 is 2.62 bits per heavy atom. The molecule has 0 aromatic heterocycles. The maximum absolute atomic E-state index is 13.3. The quantitative estimate of drug-likeness (QED) is 0.885. The summed E-state index contributed by atoms with van der Waals surface area (Å²) in [6.07, 6.45) is 0. The Hall–Kier alpha value is -1.47. The van der Waals surface area contributed by atoms with Gasteiger partial charge in [0, 0.05) is 17.1 Å². The van der Waals surface area contributed by atoms with Gasteiger partial charge in [-0.15, -0.1) is 0 Å². The Labute approximate surface area is 127 Å². The van der Waals surface area contributed by atoms with E-state index < -0.39 is 22.4 Å². The van der Waals surface area contributed by atoms with Crippen LogP contribution in [0.25, 0.3) is 0 Å². The topological polar surface area (TPSA) is 66.4 Å². The lowest BCUT2D eigenvalue weighted by molar-refractivity contribution is 0.275. The zero-order chi connectivity index (χ0) is 15.5. The van der Waals surface area contributed by atoms with Crippen LogP contribution in [0, 0.1) is 5.82 Å². The Balaban J connectivity index is 2.18. The zero-order valence-electron chi connectivity index (χ0n) is 10.9. The number of sulfonamides is 1. The third-order valence-electron chi connectivity index (χ3n) is 2.85. The van der Waals surface area contributed by atoms with E-state index in [-0.39, 0.29) is 17.0 Å². The molecule has 2 aromatic rings. The standard InChI is InChI=1S/C14H13ClFNO3S/c15-12-3-1-2-10(6-12)8-17-21(19,20)13-4-5-14(16)11(7-13)9-18/h1-7,17-18H,8-9H2. The number of aliphatic hydroxyl groups is 1. The maximum atomic E-state index is 13.3. The van der Waals surface area contributed by atoms with E-state index in [0.29, 0.717) is 10.6 Å². The van der Waals surface area contributed by atoms with Gasteiger partial charge < -0.3 is 5.11 Å². The van der Waals surface area contributed by atoms with Crippen LogP contribution in [0.2, 0.25) is 5.02 Å². The molecular formula is C14H13ClFNO3S. The van der Waals surface area contributed by atoms with Crippen LogP contribution < -0.4 is 4.72 Å². The molecule has 0 bridgehead atoms. The van der Waals surface area contributed by atoms with E-state index >= 15 is 0 Å². The highest BCUT2D eigenvalue weighted by molar-refractivity contribution is 7.89. The van der Waals surface area contributed by atoms with Gasteiger partial charge in [-0.1, -0.05) is 23.7 Å². The molecule has 0 radical (unpaired) electrons. The van der Waals surface area contributed by atoms with Gasteiger partial charge in [0.15, 0.2) is 0 Å². The second-order valence-corrected chi connectivity index (χ2v) is 6.57. The fourth-order valence-electron chi connectivity index (χ4n) is 1.75. The molecule has 2 N–H and O–H groups in total. The van der Waals surface area contributed by atoms with Gasteiger partial charge in [-0.25, -0.2) is 17.5 Å². The molecule has 0 aliphatic heterocycles. The van der Waals surface area contributed by atoms with Crippen LogP contribution in [0.1, 0.15) is 11.1 Å². The number of benzene rings is 2. The summed E-state index contributed by atoms with van der Waals surface area (Å²) in [5.74, 6) is -0.647. The highest BCUT2D eigenvalue weighted by atomic mass is 35.5. The van der Waals surface area contributed by atoms with Crippen molar-refractivity contribution in [3.8, 4) is 0 Å². The van der Waals surface area contributed by atoms with Gasteiger partial charge in [0.05, 0.1) is 11.5 Å². The highest BCUT2D eigenvalue weighted by Gasteiger charge is 2.15. The van der Waals surface area contributed by atoms with Crippen LogP contribution in [0.5, 0.6) is 0 Å². The molecule has 0 aliphatic carbocycles. The molecule has 0 unspecified atom stereocenters. The van der Waals surface area contributed by atoms with E-state index in [1.807, 2.05) is 0 Å². The molecule has 2 rings (SSSR count). The summed E-state index contributed by atoms with van der Waals surface area (Å²) in [6, 6.07) is 10.1. The van der Waals surface area contributed by atoms with Crippen molar-refractivity contribution in [2.75, 3.05) is 0 Å². The molecule has 0 fully saturated rings. The molecule has 0 spiro atoms. The minimum Gasteiger partial charge on any atom is -0.392 e. The lowest BCUT2D eigenvalue weighted by Gasteiger charge is -2.08. The summed E-state index contributed by atoms with van der Waals surface area (Å²) in [5, 5.41) is 9.49. The number of halogens is 2. The van der Waals surface area contributed by atoms with Crippen molar-refractivity contribution in [2.24, 2.45) is 0 Å². The summed E-state index contributed by atoms with van der Waals surface area (Å²) in [6.45, 7) is -0.502. The molecule has 7 heteroatoms. The molecule has 0 heterocycles. The van der Waals surface area contributed by atoms with Gasteiger partial charge >= 0.3 is 0 Å². The first-order valence-corrected chi connectivity index (χ1v) is 7.92. The zero-order valence-corrected chi connectivity index (χ0v) is 12.5. The molecular weight excluding hydrogens is 317 g/mol. The van der Waals surface area contributed by atoms with Crippen molar-refractivity contribution in [2.45, 2.75) is 18.0 Å². The Morgan fingerprint density at radius 1 is 1.19 bits per heavy atom. The summed E-state index contributed by atoms with van der Waals surface area (Å²) in [4.78, 5) is -0.102. The average Bonchev–Trinajstić information content (AvgIpc) is 2.46. The number of hydrogen-bond acceptors (Lipinski definition) is 3. The Morgan fingerprint density at radius 2 is 1.95 bits per heavy atom. The first kappa shape index (κ1) is 15.9. The molecule has 0 aliphatic rings. The molecule has 0 amide bonds. The second kappa shape index (κ2) is 6.53. The van der Waals surface area contributed by atoms with Gasteiger partial charge in [0.1, 0.15) is 5.82 Å². The monoisotopic (exact) mass is 329 g/mol. The first-order chi connectivity index (χ1) is 9.92. The van der Waals surface area contributed by atoms with Crippen LogP contribution in [-0.2, 0) is 23.2 Å². The molecule has 0 atom stereocenters. The second-order valence-electron chi connectivity index (χ2n) is 4.37. The van der Waals surface area contributed by atoms with E-state index in [1.165, 1.54) is 0 Å². The van der Waals surface area contributed by atoms with Gasteiger partial charge in [0.2, 0.25) is 10.0 Å². The number of aliphatic hydroxyl groups excluding tert-OH is 1. The summed E-state index contributed by atoms with van der Waals surface area (Å²) >= 11 is 5.82. The highest BCUT2D eigenvalue weighted by Crippen LogP contribution is 2.16. The maximum Gasteiger partial charge on any atom is 0.240 e. The van der Waals surface area contributed by atoms with Crippen LogP contribution >= 0.6 is 11.6 Å². The largest absolute Gasteiger partial charge is 0.392 e. The number of hydrogen-bond donors (Lipinski definition) is 2. The summed E-state index contributed by atoms with van der Waals surface area (Å²) < 4.78 is 39.9. The predicted molar refractivity (Wildman–Crippen MR) is 77.8 cm³/mol. The first-order valence-electron chi connectivity index (χ1n) is 6.06. The fraction of sp³-hybridized carbons (Fsp3) is 0.143. The van der Waals surface area contributed by atoms with Crippen LogP contribution in [0.4, 0.5) is 4.39 Å². The minimum atomic E-state index is -3.79. The average molecular weight is 330 g/mol. The van der Waals surface area contributed by atoms with Crippen molar-refractivity contribution in [3.63, 3.8) is 0 Å². The molecule has 2 aromatic carbocycles. The molecule has 21 heavy (non-hydrogen) atoms. The number of rotatable bonds is 5. The smallest absolute Gasteiger partial charge is 0.240 e. The van der Waals surface area contributed by atoms with E-state index in [9.17, 15) is 12.8 Å². The van der Waals surface area contributed by atoms with Gasteiger partial charge in [-0.2, -0.15) is 0 Å². The van der Waals surface area contributed by atoms with Gasteiger partial charge in [0.25, 0.3) is 0 Å². The van der Waals surface area contributed by atoms with Crippen LogP contribution in [-0.4, -0.2) is 13.5 Å². The van der Waals surface area contributed by atoms with Crippen molar-refractivity contribution in [1.82, 2.24) is 4.72 Å². The Kier molecular flexibility index (Phi) is 4.95. The van der Waals surface area contributed by atoms with Crippen LogP contribution in [0.15, 0.2) is 47.4 Å². The summed E-state index contributed by atoms with van der Waals surface area (Å²) in [5.41, 5.74) is 0.635. The lowest BCUT2D eigenvalue weighted by atomic mass is 10.2. The number of nitrogens with one attached hydrogen (secondary N) is 1. The molecule has 4 nitrogen and oxygen atoms in total. The fourth-order valence-corrected chi connectivity index (χ4v) is 3.03. The van der Waals surface area contributed by atoms with Gasteiger partial charge in [-0.3, -0.25) is 0 Å². The minimum absolute atomic E-state index is 0.0642. The van der Waals surface area contributed by atoms with Crippen LogP contribution in [0.3, 0.4) is 0 Å². The van der Waals surface area contributed by atoms with Crippen molar-refractivity contribution in [1.29, 1.82) is 0 Å². The van der Waals surface area contributed by atoms with E-state index in [2.05, 4.69) is 4.72 Å².